The topological polar surface area (TPSA) is 124 Å². The minimum Gasteiger partial charge on any atom is -0.367 e. The zero-order chi connectivity index (χ0) is 8.85. The molecule has 11 heavy (non-hydrogen) atoms. The van der Waals surface area contributed by atoms with E-state index in [9.17, 15) is 9.59 Å². The second-order valence-electron chi connectivity index (χ2n) is 1.99. The Labute approximate surface area is 64.1 Å². The molecule has 7 N–H and O–H groups in total. The summed E-state index contributed by atoms with van der Waals surface area (Å²) in [5.41, 5.74) is 14.9. The van der Waals surface area contributed by atoms with E-state index in [1.807, 2.05) is 0 Å². The van der Waals surface area contributed by atoms with Crippen molar-refractivity contribution in [3.8, 4) is 0 Å². The molecule has 6 nitrogen and oxygen atoms in total. The molecule has 0 rings (SSSR count). The molecular formula is C5H12N4O2. The zero-order valence-corrected chi connectivity index (χ0v) is 6.04. The Balaban J connectivity index is 3.66. The van der Waals surface area contributed by atoms with Crippen molar-refractivity contribution >= 4 is 11.8 Å². The van der Waals surface area contributed by atoms with Crippen LogP contribution < -0.4 is 22.5 Å². The van der Waals surface area contributed by atoms with Crippen molar-refractivity contribution < 1.29 is 9.59 Å². The average Bonchev–Trinajstić information content (AvgIpc) is 1.87. The summed E-state index contributed by atoms with van der Waals surface area (Å²) in [6.07, 6.45) is -0.977. The van der Waals surface area contributed by atoms with Crippen LogP contribution in [0.3, 0.4) is 0 Å². The molecule has 0 aliphatic carbocycles. The Morgan fingerprint density at radius 2 is 2.00 bits per heavy atom. The first-order valence-corrected chi connectivity index (χ1v) is 3.12. The van der Waals surface area contributed by atoms with Crippen LogP contribution in [0.1, 0.15) is 6.42 Å². The lowest BCUT2D eigenvalue weighted by atomic mass is 10.4. The van der Waals surface area contributed by atoms with Gasteiger partial charge in [0.25, 0.3) is 5.91 Å². The maximum atomic E-state index is 10.7. The van der Waals surface area contributed by atoms with E-state index >= 15 is 0 Å². The van der Waals surface area contributed by atoms with Crippen molar-refractivity contribution in [3.63, 3.8) is 0 Å². The van der Waals surface area contributed by atoms with Gasteiger partial charge in [-0.15, -0.1) is 0 Å². The lowest BCUT2D eigenvalue weighted by Gasteiger charge is -2.08. The van der Waals surface area contributed by atoms with Crippen molar-refractivity contribution in [1.82, 2.24) is 5.32 Å². The molecule has 6 heteroatoms. The fraction of sp³-hybridized carbons (Fsp3) is 0.600. The van der Waals surface area contributed by atoms with E-state index in [-0.39, 0.29) is 18.9 Å². The number of carbonyl (C=O) groups is 2. The van der Waals surface area contributed by atoms with Crippen molar-refractivity contribution in [2.45, 2.75) is 12.6 Å². The number of hydrogen-bond donors (Lipinski definition) is 4. The molecule has 1 atom stereocenters. The first-order valence-electron chi connectivity index (χ1n) is 3.12. The number of hydrogen-bond acceptors (Lipinski definition) is 4. The number of nitrogens with one attached hydrogen (secondary N) is 1. The predicted molar refractivity (Wildman–Crippen MR) is 39.0 cm³/mol. The minimum atomic E-state index is -1.12. The summed E-state index contributed by atoms with van der Waals surface area (Å²) in [7, 11) is 0. The van der Waals surface area contributed by atoms with Crippen LogP contribution in [0.5, 0.6) is 0 Å². The van der Waals surface area contributed by atoms with E-state index in [4.69, 9.17) is 17.2 Å². The molecule has 0 aliphatic heterocycles. The van der Waals surface area contributed by atoms with E-state index in [2.05, 4.69) is 5.32 Å². The third-order valence-corrected chi connectivity index (χ3v) is 0.994. The van der Waals surface area contributed by atoms with E-state index in [1.165, 1.54) is 0 Å². The molecule has 64 valence electrons. The summed E-state index contributed by atoms with van der Waals surface area (Å²) in [6, 6.07) is 0. The van der Waals surface area contributed by atoms with Crippen LogP contribution in [0.2, 0.25) is 0 Å². The van der Waals surface area contributed by atoms with Crippen molar-refractivity contribution in [2.24, 2.45) is 17.2 Å². The summed E-state index contributed by atoms with van der Waals surface area (Å²) in [4.78, 5) is 21.0. The molecular weight excluding hydrogens is 148 g/mol. The predicted octanol–water partition coefficient (Wildman–Crippen LogP) is -2.78. The Morgan fingerprint density at radius 3 is 2.36 bits per heavy atom. The van der Waals surface area contributed by atoms with E-state index < -0.39 is 12.1 Å². The van der Waals surface area contributed by atoms with Crippen LogP contribution >= 0.6 is 0 Å². The summed E-state index contributed by atoms with van der Waals surface area (Å²) in [6.45, 7) is 0.220. The van der Waals surface area contributed by atoms with Gasteiger partial charge >= 0.3 is 0 Å². The third-order valence-electron chi connectivity index (χ3n) is 0.994. The van der Waals surface area contributed by atoms with Gasteiger partial charge in [0.2, 0.25) is 5.91 Å². The fourth-order valence-electron chi connectivity index (χ4n) is 0.448. The molecule has 0 heterocycles. The summed E-state index contributed by atoms with van der Waals surface area (Å²) in [5, 5.41) is 2.16. The Bertz CT molecular complexity index is 159. The number of amides is 2. The molecule has 0 aliphatic rings. The van der Waals surface area contributed by atoms with Gasteiger partial charge in [0.1, 0.15) is 0 Å². The fourth-order valence-corrected chi connectivity index (χ4v) is 0.448. The van der Waals surface area contributed by atoms with Gasteiger partial charge in [-0.2, -0.15) is 0 Å². The van der Waals surface area contributed by atoms with Gasteiger partial charge < -0.3 is 22.5 Å². The molecule has 2 amide bonds. The third kappa shape index (κ3) is 4.29. The van der Waals surface area contributed by atoms with Crippen molar-refractivity contribution in [1.29, 1.82) is 0 Å². The van der Waals surface area contributed by atoms with Gasteiger partial charge in [0.15, 0.2) is 6.17 Å². The maximum absolute atomic E-state index is 10.7. The Morgan fingerprint density at radius 1 is 1.45 bits per heavy atom. The van der Waals surface area contributed by atoms with Gasteiger partial charge in [-0.05, 0) is 0 Å². The second-order valence-corrected chi connectivity index (χ2v) is 1.99. The number of nitrogens with two attached hydrogens (primary N) is 3. The first-order chi connectivity index (χ1) is 5.07. The molecule has 0 bridgehead atoms. The molecule has 0 radical (unpaired) electrons. The minimum absolute atomic E-state index is 0.140. The molecule has 0 saturated carbocycles. The highest BCUT2D eigenvalue weighted by Gasteiger charge is 2.10. The van der Waals surface area contributed by atoms with E-state index in [1.54, 1.807) is 0 Å². The second kappa shape index (κ2) is 4.64. The highest BCUT2D eigenvalue weighted by molar-refractivity contribution is 5.85. The number of carbonyl (C=O) groups excluding carboxylic acids is 2. The Hall–Kier alpha value is -1.14. The highest BCUT2D eigenvalue weighted by Crippen LogP contribution is 1.76. The zero-order valence-electron chi connectivity index (χ0n) is 6.04. The first kappa shape index (κ1) is 9.86. The molecule has 0 saturated heterocycles. The van der Waals surface area contributed by atoms with Crippen LogP contribution in [0.25, 0.3) is 0 Å². The molecule has 0 fully saturated rings. The van der Waals surface area contributed by atoms with Crippen LogP contribution in [0.15, 0.2) is 0 Å². The lowest BCUT2D eigenvalue weighted by Crippen LogP contribution is -2.50. The number of primary amides is 1. The molecule has 0 aromatic carbocycles. The number of rotatable bonds is 4. The summed E-state index contributed by atoms with van der Waals surface area (Å²) in [5.74, 6) is -1.14. The maximum Gasteiger partial charge on any atom is 0.254 e. The molecule has 0 aromatic rings. The SMILES string of the molecule is NCCC(=O)NC(N)C(N)=O. The average molecular weight is 160 g/mol. The van der Waals surface area contributed by atoms with Crippen molar-refractivity contribution in [3.05, 3.63) is 0 Å². The van der Waals surface area contributed by atoms with Gasteiger partial charge in [-0.3, -0.25) is 9.59 Å². The van der Waals surface area contributed by atoms with Gasteiger partial charge in [-0.25, -0.2) is 0 Å². The van der Waals surface area contributed by atoms with E-state index in [0.29, 0.717) is 0 Å². The van der Waals surface area contributed by atoms with Crippen LogP contribution in [-0.4, -0.2) is 24.5 Å². The summed E-state index contributed by atoms with van der Waals surface area (Å²) >= 11 is 0. The van der Waals surface area contributed by atoms with E-state index in [0.717, 1.165) is 0 Å². The van der Waals surface area contributed by atoms with Crippen LogP contribution in [0.4, 0.5) is 0 Å². The molecule has 0 aromatic heterocycles. The monoisotopic (exact) mass is 160 g/mol. The normalized spacial score (nSPS) is 12.2. The van der Waals surface area contributed by atoms with Crippen LogP contribution in [0, 0.1) is 0 Å². The van der Waals surface area contributed by atoms with Crippen LogP contribution in [-0.2, 0) is 9.59 Å². The van der Waals surface area contributed by atoms with Crippen molar-refractivity contribution in [2.75, 3.05) is 6.54 Å². The smallest absolute Gasteiger partial charge is 0.254 e. The summed E-state index contributed by atoms with van der Waals surface area (Å²) < 4.78 is 0. The van der Waals surface area contributed by atoms with Gasteiger partial charge in [0, 0.05) is 13.0 Å². The van der Waals surface area contributed by atoms with Gasteiger partial charge in [0.05, 0.1) is 0 Å². The lowest BCUT2D eigenvalue weighted by molar-refractivity contribution is -0.127. The molecule has 0 spiro atoms. The Kier molecular flexibility index (Phi) is 4.16. The molecule has 1 unspecified atom stereocenters. The quantitative estimate of drug-likeness (QED) is 0.332. The highest BCUT2D eigenvalue weighted by atomic mass is 16.2. The standard InChI is InChI=1S/C5H12N4O2/c6-2-1-3(10)9-4(7)5(8)11/h4H,1-2,6-7H2,(H2,8,11)(H,9,10). The largest absolute Gasteiger partial charge is 0.367 e. The van der Waals surface area contributed by atoms with Gasteiger partial charge in [-0.1, -0.05) is 0 Å².